The number of benzene rings is 2. The maximum Gasteiger partial charge on any atom is 0.355 e. The second-order valence-corrected chi connectivity index (χ2v) is 12.8. The largest absolute Gasteiger partial charge is 0.476 e. The first-order valence-corrected chi connectivity index (χ1v) is 15.5. The lowest BCUT2D eigenvalue weighted by Crippen LogP contribution is -2.19. The van der Waals surface area contributed by atoms with Gasteiger partial charge in [0.1, 0.15) is 0 Å². The van der Waals surface area contributed by atoms with E-state index in [2.05, 4.69) is 29.2 Å². The molecule has 0 spiro atoms. The van der Waals surface area contributed by atoms with E-state index in [4.69, 9.17) is 10.2 Å². The fraction of sp³-hybridized carbons (Fsp3) is 0.233. The number of hydrogen-bond donors (Lipinski definition) is 2. The summed E-state index contributed by atoms with van der Waals surface area (Å²) in [5.41, 5.74) is 7.14. The number of hydrogen-bond acceptors (Lipinski definition) is 6. The smallest absolute Gasteiger partial charge is 0.355 e. The van der Waals surface area contributed by atoms with Gasteiger partial charge in [0.15, 0.2) is 5.69 Å². The highest BCUT2D eigenvalue weighted by molar-refractivity contribution is 7.93. The van der Waals surface area contributed by atoms with E-state index in [0.717, 1.165) is 52.1 Å². The highest BCUT2D eigenvalue weighted by atomic mass is 32.2. The van der Waals surface area contributed by atoms with Gasteiger partial charge in [0, 0.05) is 22.4 Å². The van der Waals surface area contributed by atoms with Gasteiger partial charge < -0.3 is 5.11 Å². The van der Waals surface area contributed by atoms with Crippen LogP contribution in [0.4, 0.5) is 0 Å². The summed E-state index contributed by atoms with van der Waals surface area (Å²) in [5, 5.41) is 22.0. The summed E-state index contributed by atoms with van der Waals surface area (Å²) in [5.74, 6) is -0.797. The topological polar surface area (TPSA) is 128 Å². The monoisotopic (exact) mass is 572 g/mol. The van der Waals surface area contributed by atoms with Crippen LogP contribution in [0.25, 0.3) is 27.5 Å². The van der Waals surface area contributed by atoms with E-state index in [0.29, 0.717) is 23.9 Å². The van der Waals surface area contributed by atoms with Crippen LogP contribution in [0.15, 0.2) is 82.6 Å². The summed E-state index contributed by atoms with van der Waals surface area (Å²) in [4.78, 5) is 16.2. The van der Waals surface area contributed by atoms with Gasteiger partial charge in [-0.2, -0.15) is 5.10 Å². The number of rotatable bonds is 8. The van der Waals surface area contributed by atoms with Gasteiger partial charge in [0.25, 0.3) is 0 Å². The molecule has 3 N–H and O–H groups in total. The van der Waals surface area contributed by atoms with Crippen molar-refractivity contribution in [3.8, 4) is 27.5 Å². The van der Waals surface area contributed by atoms with Gasteiger partial charge in [-0.1, -0.05) is 67.1 Å². The number of thiazole rings is 1. The van der Waals surface area contributed by atoms with Crippen molar-refractivity contribution >= 4 is 27.3 Å². The minimum Gasteiger partial charge on any atom is -0.476 e. The second kappa shape index (κ2) is 10.3. The first-order chi connectivity index (χ1) is 19.2. The highest BCUT2D eigenvalue weighted by Crippen LogP contribution is 2.46. The Morgan fingerprint density at radius 3 is 2.45 bits per heavy atom. The summed E-state index contributed by atoms with van der Waals surface area (Å²) < 4.78 is 25.8. The van der Waals surface area contributed by atoms with E-state index < -0.39 is 16.0 Å². The molecular formula is C30H28N4O4S2. The van der Waals surface area contributed by atoms with E-state index in [9.17, 15) is 18.3 Å². The summed E-state index contributed by atoms with van der Waals surface area (Å²) in [7, 11) is -3.74. The standard InChI is InChI=1S/C30H28N4O4S2/c1-18-14-24(40(31,37)38)13-12-21(18)16-25-27(23-9-5-8-22(15-23)19-6-3-2-4-7-19)33-34(28(25)20-10-11-20)30-32-26(17-39-30)29(35)36/h2-9,12-13,15,17-18,20H,10-11,14,16H2,1H3,(H,35,36)(H2,31,37,38). The average molecular weight is 573 g/mol. The van der Waals surface area contributed by atoms with Gasteiger partial charge in [-0.3, -0.25) is 0 Å². The van der Waals surface area contributed by atoms with Crippen molar-refractivity contribution in [3.05, 3.63) is 99.6 Å². The lowest BCUT2D eigenvalue weighted by Gasteiger charge is -2.21. The highest BCUT2D eigenvalue weighted by Gasteiger charge is 2.35. The van der Waals surface area contributed by atoms with Crippen LogP contribution in [-0.2, 0) is 16.4 Å². The number of aromatic nitrogens is 3. The van der Waals surface area contributed by atoms with E-state index >= 15 is 0 Å². The fourth-order valence-corrected chi connectivity index (χ4v) is 6.74. The van der Waals surface area contributed by atoms with Crippen molar-refractivity contribution < 1.29 is 18.3 Å². The number of carbonyl (C=O) groups is 1. The lowest BCUT2D eigenvalue weighted by atomic mass is 9.86. The number of nitrogens with zero attached hydrogens (tertiary/aromatic N) is 3. The quantitative estimate of drug-likeness (QED) is 0.270. The molecule has 1 atom stereocenters. The van der Waals surface area contributed by atoms with Crippen LogP contribution in [0.3, 0.4) is 0 Å². The first kappa shape index (κ1) is 26.4. The van der Waals surface area contributed by atoms with Gasteiger partial charge >= 0.3 is 5.97 Å². The van der Waals surface area contributed by atoms with Crippen LogP contribution in [0.1, 0.15) is 53.8 Å². The Morgan fingerprint density at radius 2 is 1.80 bits per heavy atom. The van der Waals surface area contributed by atoms with Crippen molar-refractivity contribution in [2.75, 3.05) is 0 Å². The Balaban J connectivity index is 1.51. The molecule has 0 radical (unpaired) electrons. The molecule has 1 saturated carbocycles. The third kappa shape index (κ3) is 5.17. The Kier molecular flexibility index (Phi) is 6.77. The number of aromatic carboxylic acids is 1. The molecule has 2 aromatic heterocycles. The zero-order valence-electron chi connectivity index (χ0n) is 21.8. The van der Waals surface area contributed by atoms with Crippen molar-refractivity contribution in [2.45, 2.75) is 38.5 Å². The zero-order valence-corrected chi connectivity index (χ0v) is 23.5. The van der Waals surface area contributed by atoms with Crippen LogP contribution in [0, 0.1) is 5.92 Å². The molecule has 0 amide bonds. The molecule has 1 fully saturated rings. The van der Waals surface area contributed by atoms with E-state index in [1.165, 1.54) is 16.7 Å². The molecular weight excluding hydrogens is 544 g/mol. The van der Waals surface area contributed by atoms with Gasteiger partial charge in [-0.15, -0.1) is 11.3 Å². The molecule has 204 valence electrons. The van der Waals surface area contributed by atoms with Crippen molar-refractivity contribution in [2.24, 2.45) is 11.1 Å². The number of primary sulfonamides is 1. The maximum atomic E-state index is 12.0. The molecule has 2 heterocycles. The van der Waals surface area contributed by atoms with Crippen LogP contribution in [0.5, 0.6) is 0 Å². The number of allylic oxidation sites excluding steroid dienone is 4. The van der Waals surface area contributed by atoms with E-state index in [-0.39, 0.29) is 16.5 Å². The number of carboxylic acid groups (broad SMARTS) is 1. The molecule has 10 heteroatoms. The normalized spacial score (nSPS) is 17.4. The van der Waals surface area contributed by atoms with Gasteiger partial charge in [-0.05, 0) is 54.9 Å². The maximum absolute atomic E-state index is 12.0. The summed E-state index contributed by atoms with van der Waals surface area (Å²) >= 11 is 1.26. The summed E-state index contributed by atoms with van der Waals surface area (Å²) in [6.45, 7) is 2.01. The Hall–Kier alpha value is -3.86. The number of sulfonamides is 1. The average Bonchev–Trinajstić information content (AvgIpc) is 3.52. The van der Waals surface area contributed by atoms with Gasteiger partial charge in [0.2, 0.25) is 15.2 Å². The number of nitrogens with two attached hydrogens (primary N) is 1. The van der Waals surface area contributed by atoms with Crippen molar-refractivity contribution in [1.29, 1.82) is 0 Å². The van der Waals surface area contributed by atoms with Crippen LogP contribution in [0.2, 0.25) is 0 Å². The van der Waals surface area contributed by atoms with Crippen LogP contribution < -0.4 is 5.14 Å². The van der Waals surface area contributed by atoms with Crippen molar-refractivity contribution in [3.63, 3.8) is 0 Å². The predicted molar refractivity (Wildman–Crippen MR) is 156 cm³/mol. The second-order valence-electron chi connectivity index (χ2n) is 10.4. The van der Waals surface area contributed by atoms with Gasteiger partial charge in [-0.25, -0.2) is 28.0 Å². The predicted octanol–water partition coefficient (Wildman–Crippen LogP) is 5.92. The Bertz CT molecular complexity index is 1780. The van der Waals surface area contributed by atoms with Crippen LogP contribution >= 0.6 is 11.3 Å². The van der Waals surface area contributed by atoms with Gasteiger partial charge in [0.05, 0.1) is 16.3 Å². The van der Waals surface area contributed by atoms with Crippen LogP contribution in [-0.4, -0.2) is 34.3 Å². The van der Waals surface area contributed by atoms with E-state index in [1.54, 1.807) is 6.08 Å². The third-order valence-corrected chi connectivity index (χ3v) is 9.34. The minimum atomic E-state index is -3.74. The molecule has 2 aliphatic rings. The summed E-state index contributed by atoms with van der Waals surface area (Å²) in [6.07, 6.45) is 6.46. The molecule has 0 aliphatic heterocycles. The fourth-order valence-electron chi connectivity index (χ4n) is 5.24. The molecule has 40 heavy (non-hydrogen) atoms. The molecule has 2 aromatic carbocycles. The zero-order chi connectivity index (χ0) is 28.0. The number of carboxylic acids is 1. The molecule has 0 saturated heterocycles. The SMILES string of the molecule is CC1CC(S(N)(=O)=O)=CC=C1Cc1c(-c2cccc(-c3ccccc3)c2)nn(-c2nc(C(=O)O)cs2)c1C1CC1. The molecule has 4 aromatic rings. The molecule has 6 rings (SSSR count). The lowest BCUT2D eigenvalue weighted by molar-refractivity contribution is 0.0691. The Labute approximate surface area is 236 Å². The Morgan fingerprint density at radius 1 is 1.07 bits per heavy atom. The molecule has 8 nitrogen and oxygen atoms in total. The molecule has 0 bridgehead atoms. The first-order valence-electron chi connectivity index (χ1n) is 13.1. The third-order valence-electron chi connectivity index (χ3n) is 7.49. The molecule has 1 unspecified atom stereocenters. The van der Waals surface area contributed by atoms with E-state index in [1.807, 2.05) is 48.0 Å². The minimum absolute atomic E-state index is 0.00399. The summed E-state index contributed by atoms with van der Waals surface area (Å²) in [6, 6.07) is 18.4. The van der Waals surface area contributed by atoms with Crippen molar-refractivity contribution in [1.82, 2.24) is 14.8 Å². The molecule has 2 aliphatic carbocycles.